The van der Waals surface area contributed by atoms with Gasteiger partial charge in [-0.2, -0.15) is 0 Å². The SMILES string of the molecule is CC(C)(C(NC(=O)COc1ncccn1)C(=O)NC(Cc1ccccc1)C(O)CN1CC2CCCCC2CC1C(=O)O)S(C)(=O)=O. The fourth-order valence-electron chi connectivity index (χ4n) is 6.40. The van der Waals surface area contributed by atoms with E-state index in [0.29, 0.717) is 24.8 Å². The number of benzene rings is 1. The molecule has 13 nitrogen and oxygen atoms in total. The molecule has 4 N–H and O–H groups in total. The van der Waals surface area contributed by atoms with E-state index in [1.54, 1.807) is 11.0 Å². The molecule has 2 heterocycles. The number of amides is 2. The zero-order valence-electron chi connectivity index (χ0n) is 26.5. The van der Waals surface area contributed by atoms with Gasteiger partial charge < -0.3 is 25.6 Å². The van der Waals surface area contributed by atoms with Crippen LogP contribution in [0.1, 0.15) is 51.5 Å². The molecule has 0 spiro atoms. The highest BCUT2D eigenvalue weighted by Crippen LogP contribution is 2.38. The van der Waals surface area contributed by atoms with E-state index in [9.17, 15) is 33.0 Å². The highest BCUT2D eigenvalue weighted by molar-refractivity contribution is 7.92. The van der Waals surface area contributed by atoms with Gasteiger partial charge in [0.1, 0.15) is 12.1 Å². The summed E-state index contributed by atoms with van der Waals surface area (Å²) in [4.78, 5) is 48.7. The first-order valence-corrected chi connectivity index (χ1v) is 17.5. The van der Waals surface area contributed by atoms with Crippen molar-refractivity contribution in [2.75, 3.05) is 26.0 Å². The van der Waals surface area contributed by atoms with Gasteiger partial charge in [-0.1, -0.05) is 49.6 Å². The lowest BCUT2D eigenvalue weighted by Gasteiger charge is -2.45. The van der Waals surface area contributed by atoms with Crippen molar-refractivity contribution in [2.24, 2.45) is 11.8 Å². The summed E-state index contributed by atoms with van der Waals surface area (Å²) in [5, 5.41) is 27.0. The summed E-state index contributed by atoms with van der Waals surface area (Å²) in [6.45, 7) is 2.63. The summed E-state index contributed by atoms with van der Waals surface area (Å²) in [6, 6.07) is 7.40. The molecule has 0 radical (unpaired) electrons. The van der Waals surface area contributed by atoms with Crippen LogP contribution in [0.25, 0.3) is 0 Å². The topological polar surface area (TPSA) is 188 Å². The van der Waals surface area contributed by atoms with Gasteiger partial charge in [-0.15, -0.1) is 0 Å². The van der Waals surface area contributed by atoms with Gasteiger partial charge in [-0.25, -0.2) is 18.4 Å². The van der Waals surface area contributed by atoms with E-state index in [4.69, 9.17) is 4.74 Å². The maximum Gasteiger partial charge on any atom is 0.320 e. The number of fused-ring (bicyclic) bond motifs is 1. The number of β-amino-alcohol motifs (C(OH)–C–C–N with tert-alkyl or cyclic N) is 1. The van der Waals surface area contributed by atoms with Crippen LogP contribution in [-0.4, -0.2) is 106 Å². The second-order valence-electron chi connectivity index (χ2n) is 12.9. The second kappa shape index (κ2) is 15.3. The van der Waals surface area contributed by atoms with Crippen LogP contribution in [0.3, 0.4) is 0 Å². The molecular weight excluding hydrogens is 614 g/mol. The Balaban J connectivity index is 1.55. The lowest BCUT2D eigenvalue weighted by Crippen LogP contribution is -2.64. The molecule has 2 amide bonds. The van der Waals surface area contributed by atoms with E-state index in [1.807, 2.05) is 30.3 Å². The van der Waals surface area contributed by atoms with Gasteiger partial charge in [0.25, 0.3) is 5.91 Å². The van der Waals surface area contributed by atoms with Crippen molar-refractivity contribution in [3.05, 3.63) is 54.4 Å². The van der Waals surface area contributed by atoms with E-state index in [2.05, 4.69) is 20.6 Å². The van der Waals surface area contributed by atoms with Crippen LogP contribution < -0.4 is 15.4 Å². The number of carboxylic acid groups (broad SMARTS) is 1. The maximum absolute atomic E-state index is 13.9. The Labute approximate surface area is 270 Å². The molecule has 1 saturated carbocycles. The van der Waals surface area contributed by atoms with E-state index in [-0.39, 0.29) is 19.0 Å². The molecule has 4 rings (SSSR count). The van der Waals surface area contributed by atoms with Crippen molar-refractivity contribution < 1.29 is 37.8 Å². The summed E-state index contributed by atoms with van der Waals surface area (Å²) >= 11 is 0. The molecule has 1 aromatic carbocycles. The van der Waals surface area contributed by atoms with Gasteiger partial charge >= 0.3 is 12.0 Å². The molecule has 1 aliphatic heterocycles. The molecule has 46 heavy (non-hydrogen) atoms. The van der Waals surface area contributed by atoms with Crippen LogP contribution in [0.2, 0.25) is 0 Å². The van der Waals surface area contributed by atoms with Crippen molar-refractivity contribution in [3.8, 4) is 6.01 Å². The molecule has 14 heteroatoms. The number of carbonyl (C=O) groups excluding carboxylic acids is 2. The molecule has 1 aliphatic carbocycles. The van der Waals surface area contributed by atoms with Gasteiger partial charge in [0.05, 0.1) is 16.9 Å². The molecular formula is C32H45N5O8S. The largest absolute Gasteiger partial charge is 0.480 e. The van der Waals surface area contributed by atoms with Gasteiger partial charge in [0, 0.05) is 31.7 Å². The number of aliphatic carboxylic acids is 1. The third-order valence-electron chi connectivity index (χ3n) is 9.39. The average molecular weight is 660 g/mol. The third kappa shape index (κ3) is 9.01. The minimum atomic E-state index is -3.90. The van der Waals surface area contributed by atoms with E-state index in [1.165, 1.54) is 26.2 Å². The fraction of sp³-hybridized carbons (Fsp3) is 0.594. The molecule has 2 aliphatic rings. The molecule has 6 atom stereocenters. The second-order valence-corrected chi connectivity index (χ2v) is 15.5. The molecule has 2 aromatic rings. The van der Waals surface area contributed by atoms with E-state index < -0.39 is 63.2 Å². The number of aromatic nitrogens is 2. The summed E-state index contributed by atoms with van der Waals surface area (Å²) < 4.78 is 29.2. The van der Waals surface area contributed by atoms with Crippen LogP contribution in [0.4, 0.5) is 0 Å². The maximum atomic E-state index is 13.9. The predicted molar refractivity (Wildman–Crippen MR) is 170 cm³/mol. The smallest absolute Gasteiger partial charge is 0.320 e. The number of nitrogens with zero attached hydrogens (tertiary/aromatic N) is 3. The van der Waals surface area contributed by atoms with E-state index >= 15 is 0 Å². The number of sulfone groups is 1. The Morgan fingerprint density at radius 2 is 1.70 bits per heavy atom. The first kappa shape index (κ1) is 35.2. The molecule has 0 bridgehead atoms. The third-order valence-corrected chi connectivity index (χ3v) is 11.5. The number of aliphatic hydroxyl groups excluding tert-OH is 1. The molecule has 2 fully saturated rings. The zero-order valence-corrected chi connectivity index (χ0v) is 27.4. The van der Waals surface area contributed by atoms with Crippen molar-refractivity contribution in [3.63, 3.8) is 0 Å². The van der Waals surface area contributed by atoms with Crippen molar-refractivity contribution in [1.29, 1.82) is 0 Å². The molecule has 1 aromatic heterocycles. The first-order chi connectivity index (χ1) is 21.8. The summed E-state index contributed by atoms with van der Waals surface area (Å²) in [6.07, 6.45) is 7.51. The number of ether oxygens (including phenoxy) is 1. The minimum Gasteiger partial charge on any atom is -0.480 e. The minimum absolute atomic E-state index is 0.00459. The van der Waals surface area contributed by atoms with Crippen molar-refractivity contribution >= 4 is 27.6 Å². The Hall–Kier alpha value is -3.62. The molecule has 6 unspecified atom stereocenters. The van der Waals surface area contributed by atoms with E-state index in [0.717, 1.165) is 37.5 Å². The lowest BCUT2D eigenvalue weighted by atomic mass is 9.73. The lowest BCUT2D eigenvalue weighted by molar-refractivity contribution is -0.148. The fourth-order valence-corrected chi connectivity index (χ4v) is 7.00. The molecule has 1 saturated heterocycles. The standard InChI is InChI=1S/C32H45N5O8S/c1-32(2,46(3,43)44)28(36-27(39)20-45-31-33-14-9-15-34-31)29(40)35-24(16-21-10-5-4-6-11-21)26(38)19-37-18-23-13-8-7-12-22(23)17-25(37)30(41)42/h4-6,9-11,14-15,22-26,28,38H,7-8,12-13,16-20H2,1-3H3,(H,35,40)(H,36,39)(H,41,42). The van der Waals surface area contributed by atoms with Crippen molar-refractivity contribution in [1.82, 2.24) is 25.5 Å². The van der Waals surface area contributed by atoms with Crippen LogP contribution in [0.5, 0.6) is 6.01 Å². The van der Waals surface area contributed by atoms with Gasteiger partial charge in [0.2, 0.25) is 5.91 Å². The Morgan fingerprint density at radius 3 is 2.33 bits per heavy atom. The summed E-state index contributed by atoms with van der Waals surface area (Å²) in [5.41, 5.74) is 0.798. The molecule has 252 valence electrons. The van der Waals surface area contributed by atoms with Gasteiger partial charge in [-0.05, 0) is 56.6 Å². The Kier molecular flexibility index (Phi) is 11.7. The number of aliphatic hydroxyl groups is 1. The number of nitrogens with one attached hydrogen (secondary N) is 2. The highest BCUT2D eigenvalue weighted by Gasteiger charge is 2.46. The number of hydrogen-bond donors (Lipinski definition) is 4. The summed E-state index contributed by atoms with van der Waals surface area (Å²) in [5.74, 6) is -1.86. The van der Waals surface area contributed by atoms with Gasteiger partial charge in [-0.3, -0.25) is 19.3 Å². The monoisotopic (exact) mass is 659 g/mol. The quantitative estimate of drug-likeness (QED) is 0.228. The van der Waals surface area contributed by atoms with Crippen LogP contribution in [-0.2, 0) is 30.6 Å². The Morgan fingerprint density at radius 1 is 1.04 bits per heavy atom. The predicted octanol–water partition coefficient (Wildman–Crippen LogP) is 1.22. The normalized spacial score (nSPS) is 22.5. The Bertz CT molecular complexity index is 1440. The number of hydrogen-bond acceptors (Lipinski definition) is 10. The van der Waals surface area contributed by atoms with Crippen LogP contribution >= 0.6 is 0 Å². The van der Waals surface area contributed by atoms with Gasteiger partial charge in [0.15, 0.2) is 16.4 Å². The van der Waals surface area contributed by atoms with Crippen molar-refractivity contribution in [2.45, 2.75) is 81.3 Å². The number of rotatable bonds is 14. The first-order valence-electron chi connectivity index (χ1n) is 15.6. The zero-order chi connectivity index (χ0) is 33.5. The number of piperidine rings is 1. The number of carbonyl (C=O) groups is 3. The summed E-state index contributed by atoms with van der Waals surface area (Å²) in [7, 11) is -3.90. The van der Waals surface area contributed by atoms with Crippen LogP contribution in [0.15, 0.2) is 48.8 Å². The average Bonchev–Trinajstić information content (AvgIpc) is 3.02. The highest BCUT2D eigenvalue weighted by atomic mass is 32.2. The van der Waals surface area contributed by atoms with Crippen LogP contribution in [0, 0.1) is 11.8 Å². The number of likely N-dealkylation sites (tertiary alicyclic amines) is 1. The number of carboxylic acids is 1.